The summed E-state index contributed by atoms with van der Waals surface area (Å²) in [5, 5.41) is 0. The molecule has 128 valence electrons. The van der Waals surface area contributed by atoms with E-state index in [2.05, 4.69) is 0 Å². The summed E-state index contributed by atoms with van der Waals surface area (Å²) in [7, 11) is 6.61. The van der Waals surface area contributed by atoms with Gasteiger partial charge in [-0.1, -0.05) is 30.9 Å². The summed E-state index contributed by atoms with van der Waals surface area (Å²) in [6.45, 7) is 3.88. The maximum Gasteiger partial charge on any atom is 0.355 e. The molecule has 0 radical (unpaired) electrons. The van der Waals surface area contributed by atoms with Gasteiger partial charge in [-0.2, -0.15) is 0 Å². The number of β-lactam (4-membered cyclic amide) rings is 1. The largest absolute Gasteiger partial charge is 0.464 e. The number of hydrogen-bond donors (Lipinski definition) is 0. The van der Waals surface area contributed by atoms with Crippen molar-refractivity contribution in [3.05, 3.63) is 10.6 Å². The number of fused-ring (bicyclic) bond motifs is 1. The average molecular weight is 358 g/mol. The van der Waals surface area contributed by atoms with Crippen LogP contribution in [0, 0.1) is 11.8 Å². The zero-order valence-corrected chi connectivity index (χ0v) is 15.8. The lowest BCUT2D eigenvalue weighted by molar-refractivity contribution is -0.165. The molecule has 2 aliphatic rings. The molecule has 2 heterocycles. The lowest BCUT2D eigenvalue weighted by Crippen LogP contribution is -2.63. The third kappa shape index (κ3) is 2.88. The SMILES string of the molecule is COC(=O)C1=C(SC(=S)N(C)C)C(C)C2C(C(C)OC)C(=O)N12. The van der Waals surface area contributed by atoms with Crippen LogP contribution in [-0.4, -0.2) is 66.5 Å². The highest BCUT2D eigenvalue weighted by atomic mass is 32.2. The Hall–Kier alpha value is -1.12. The second-order valence-corrected chi connectivity index (χ2v) is 7.60. The summed E-state index contributed by atoms with van der Waals surface area (Å²) in [5.41, 5.74) is 0.323. The fourth-order valence-electron chi connectivity index (χ4n) is 3.06. The van der Waals surface area contributed by atoms with Gasteiger partial charge in [-0.25, -0.2) is 4.79 Å². The molecular formula is C15H22N2O4S2. The number of carbonyl (C=O) groups is 2. The van der Waals surface area contributed by atoms with Crippen LogP contribution in [0.2, 0.25) is 0 Å². The van der Waals surface area contributed by atoms with E-state index < -0.39 is 5.97 Å². The van der Waals surface area contributed by atoms with Crippen LogP contribution >= 0.6 is 24.0 Å². The number of esters is 1. The van der Waals surface area contributed by atoms with Crippen molar-refractivity contribution in [3.63, 3.8) is 0 Å². The van der Waals surface area contributed by atoms with Crippen molar-refractivity contribution in [2.45, 2.75) is 26.0 Å². The van der Waals surface area contributed by atoms with E-state index in [0.29, 0.717) is 10.0 Å². The van der Waals surface area contributed by atoms with Crippen LogP contribution in [0.1, 0.15) is 13.8 Å². The Morgan fingerprint density at radius 3 is 2.48 bits per heavy atom. The molecule has 1 amide bonds. The monoisotopic (exact) mass is 358 g/mol. The number of methoxy groups -OCH3 is 2. The van der Waals surface area contributed by atoms with Crippen molar-refractivity contribution in [3.8, 4) is 0 Å². The predicted octanol–water partition coefficient (Wildman–Crippen LogP) is 1.46. The molecule has 0 aromatic rings. The molecule has 0 bridgehead atoms. The number of rotatable bonds is 4. The second-order valence-electron chi connectivity index (χ2n) is 5.92. The topological polar surface area (TPSA) is 59.1 Å². The summed E-state index contributed by atoms with van der Waals surface area (Å²) in [6.07, 6.45) is -0.199. The number of ether oxygens (including phenoxy) is 2. The molecule has 0 N–H and O–H groups in total. The molecule has 4 atom stereocenters. The third-order valence-corrected chi connectivity index (χ3v) is 6.35. The Bertz CT molecular complexity index is 576. The quantitative estimate of drug-likeness (QED) is 0.428. The van der Waals surface area contributed by atoms with Gasteiger partial charge in [-0.15, -0.1) is 0 Å². The van der Waals surface area contributed by atoms with Crippen LogP contribution in [0.25, 0.3) is 0 Å². The first-order chi connectivity index (χ1) is 10.8. The van der Waals surface area contributed by atoms with Crippen LogP contribution in [0.5, 0.6) is 0 Å². The Labute approximate surface area is 146 Å². The molecule has 8 heteroatoms. The fourth-order valence-corrected chi connectivity index (χ4v) is 4.31. The number of amides is 1. The maximum atomic E-state index is 12.5. The van der Waals surface area contributed by atoms with Crippen molar-refractivity contribution < 1.29 is 19.1 Å². The Balaban J connectivity index is 2.38. The van der Waals surface area contributed by atoms with Crippen molar-refractivity contribution in [2.75, 3.05) is 28.3 Å². The molecule has 0 aromatic heterocycles. The minimum absolute atomic E-state index is 0.00676. The molecule has 6 nitrogen and oxygen atoms in total. The van der Waals surface area contributed by atoms with E-state index in [1.54, 1.807) is 16.9 Å². The molecular weight excluding hydrogens is 336 g/mol. The first kappa shape index (κ1) is 18.2. The van der Waals surface area contributed by atoms with Gasteiger partial charge in [-0.3, -0.25) is 4.79 Å². The van der Waals surface area contributed by atoms with Gasteiger partial charge in [0.05, 0.1) is 25.2 Å². The number of nitrogens with zero attached hydrogens (tertiary/aromatic N) is 2. The highest BCUT2D eigenvalue weighted by Gasteiger charge is 2.60. The van der Waals surface area contributed by atoms with Gasteiger partial charge in [0.2, 0.25) is 5.91 Å². The molecule has 1 fully saturated rings. The summed E-state index contributed by atoms with van der Waals surface area (Å²) in [6, 6.07) is -0.0842. The van der Waals surface area contributed by atoms with Gasteiger partial charge in [-0.05, 0) is 6.92 Å². The number of thiocarbonyl (C=S) groups is 1. The smallest absolute Gasteiger partial charge is 0.355 e. The normalized spacial score (nSPS) is 27.5. The maximum absolute atomic E-state index is 12.5. The van der Waals surface area contributed by atoms with Crippen molar-refractivity contribution in [1.29, 1.82) is 0 Å². The van der Waals surface area contributed by atoms with Crippen LogP contribution in [0.3, 0.4) is 0 Å². The zero-order valence-electron chi connectivity index (χ0n) is 14.2. The van der Waals surface area contributed by atoms with Gasteiger partial charge in [0.15, 0.2) is 0 Å². The fraction of sp³-hybridized carbons (Fsp3) is 0.667. The average Bonchev–Trinajstić information content (AvgIpc) is 2.76. The number of hydrogen-bond acceptors (Lipinski definition) is 6. The van der Waals surface area contributed by atoms with Crippen molar-refractivity contribution >= 4 is 40.2 Å². The lowest BCUT2D eigenvalue weighted by atomic mass is 9.79. The Morgan fingerprint density at radius 2 is 2.00 bits per heavy atom. The van der Waals surface area contributed by atoms with Crippen molar-refractivity contribution in [1.82, 2.24) is 9.80 Å². The summed E-state index contributed by atoms with van der Waals surface area (Å²) in [5.74, 6) is -0.837. The second kappa shape index (κ2) is 6.78. The van der Waals surface area contributed by atoms with E-state index in [-0.39, 0.29) is 29.9 Å². The Morgan fingerprint density at radius 1 is 1.39 bits per heavy atom. The molecule has 2 rings (SSSR count). The molecule has 23 heavy (non-hydrogen) atoms. The molecule has 2 aliphatic heterocycles. The van der Waals surface area contributed by atoms with E-state index in [0.717, 1.165) is 4.91 Å². The van der Waals surface area contributed by atoms with E-state index >= 15 is 0 Å². The van der Waals surface area contributed by atoms with Crippen LogP contribution in [-0.2, 0) is 19.1 Å². The minimum Gasteiger partial charge on any atom is -0.464 e. The van der Waals surface area contributed by atoms with Crippen molar-refractivity contribution in [2.24, 2.45) is 11.8 Å². The molecule has 0 saturated carbocycles. The summed E-state index contributed by atoms with van der Waals surface area (Å²) < 4.78 is 10.9. The van der Waals surface area contributed by atoms with Crippen LogP contribution in [0.4, 0.5) is 0 Å². The van der Waals surface area contributed by atoms with Crippen LogP contribution in [0.15, 0.2) is 10.6 Å². The van der Waals surface area contributed by atoms with Crippen LogP contribution < -0.4 is 0 Å². The number of carbonyl (C=O) groups excluding carboxylic acids is 2. The number of thioether (sulfide) groups is 1. The van der Waals surface area contributed by atoms with Gasteiger partial charge >= 0.3 is 5.97 Å². The van der Waals surface area contributed by atoms with E-state index in [1.807, 2.05) is 27.9 Å². The van der Waals surface area contributed by atoms with Gasteiger partial charge < -0.3 is 19.3 Å². The first-order valence-corrected chi connectivity index (χ1v) is 8.56. The zero-order chi connectivity index (χ0) is 17.5. The predicted molar refractivity (Wildman–Crippen MR) is 92.7 cm³/mol. The lowest BCUT2D eigenvalue weighted by Gasteiger charge is -2.47. The van der Waals surface area contributed by atoms with Gasteiger partial charge in [0, 0.05) is 32.0 Å². The molecule has 4 unspecified atom stereocenters. The van der Waals surface area contributed by atoms with E-state index in [4.69, 9.17) is 21.7 Å². The Kier molecular flexibility index (Phi) is 5.37. The molecule has 0 aromatic carbocycles. The van der Waals surface area contributed by atoms with Gasteiger partial charge in [0.1, 0.15) is 10.0 Å². The molecule has 0 aliphatic carbocycles. The highest BCUT2D eigenvalue weighted by Crippen LogP contribution is 2.51. The molecule has 0 spiro atoms. The minimum atomic E-state index is -0.500. The van der Waals surface area contributed by atoms with E-state index in [1.165, 1.54) is 18.9 Å². The highest BCUT2D eigenvalue weighted by molar-refractivity contribution is 8.25. The first-order valence-electron chi connectivity index (χ1n) is 7.33. The summed E-state index contributed by atoms with van der Waals surface area (Å²) in [4.78, 5) is 28.9. The van der Waals surface area contributed by atoms with E-state index in [9.17, 15) is 9.59 Å². The third-order valence-electron chi connectivity index (χ3n) is 4.41. The van der Waals surface area contributed by atoms with Gasteiger partial charge in [0.25, 0.3) is 0 Å². The molecule has 1 saturated heterocycles. The standard InChI is InChI=1S/C15H22N2O4S2/c1-7-10-9(8(2)20-5)13(18)17(10)11(14(19)21-6)12(7)23-15(22)16(3)4/h7-10H,1-6H3. The summed E-state index contributed by atoms with van der Waals surface area (Å²) >= 11 is 6.70.